The van der Waals surface area contributed by atoms with Gasteiger partial charge in [-0.2, -0.15) is 0 Å². The highest BCUT2D eigenvalue weighted by Crippen LogP contribution is 2.24. The molecule has 0 heterocycles. The van der Waals surface area contributed by atoms with Gasteiger partial charge in [-0.25, -0.2) is 4.79 Å². The molecule has 0 bridgehead atoms. The van der Waals surface area contributed by atoms with Crippen LogP contribution >= 0.6 is 15.9 Å². The Morgan fingerprint density at radius 1 is 1.13 bits per heavy atom. The summed E-state index contributed by atoms with van der Waals surface area (Å²) in [6.07, 6.45) is 0.662. The Kier molecular flexibility index (Phi) is 7.10. The number of carbonyl (C=O) groups excluding carboxylic acids is 1. The maximum atomic E-state index is 10.6. The Morgan fingerprint density at radius 3 is 2.61 bits per heavy atom. The van der Waals surface area contributed by atoms with Crippen LogP contribution in [0.4, 0.5) is 4.79 Å². The van der Waals surface area contributed by atoms with Crippen LogP contribution in [0, 0.1) is 0 Å². The number of hydrogen-bond donors (Lipinski definition) is 1. The van der Waals surface area contributed by atoms with E-state index in [0.29, 0.717) is 19.6 Å². The molecule has 0 radical (unpaired) electrons. The average molecular weight is 378 g/mol. The summed E-state index contributed by atoms with van der Waals surface area (Å²) in [4.78, 5) is 10.6. The fraction of sp³-hybridized carbons (Fsp3) is 0.278. The van der Waals surface area contributed by atoms with Gasteiger partial charge in [-0.1, -0.05) is 58.4 Å². The van der Waals surface area contributed by atoms with E-state index in [-0.39, 0.29) is 6.10 Å². The van der Waals surface area contributed by atoms with E-state index in [1.165, 1.54) is 0 Å². The summed E-state index contributed by atoms with van der Waals surface area (Å²) in [6, 6.07) is 18.1. The Morgan fingerprint density at radius 2 is 1.91 bits per heavy atom. The lowest BCUT2D eigenvalue weighted by Gasteiger charge is -2.18. The van der Waals surface area contributed by atoms with Crippen molar-refractivity contribution in [3.8, 4) is 0 Å². The Labute approximate surface area is 144 Å². The van der Waals surface area contributed by atoms with E-state index in [1.807, 2.05) is 54.6 Å². The molecule has 2 aromatic carbocycles. The van der Waals surface area contributed by atoms with Crippen LogP contribution in [0.3, 0.4) is 0 Å². The molecule has 0 aliphatic carbocycles. The monoisotopic (exact) mass is 377 g/mol. The fourth-order valence-corrected chi connectivity index (χ4v) is 2.73. The summed E-state index contributed by atoms with van der Waals surface area (Å²) in [5.74, 6) is 0. The van der Waals surface area contributed by atoms with Crippen LogP contribution < -0.4 is 5.73 Å². The van der Waals surface area contributed by atoms with Crippen LogP contribution in [0.1, 0.15) is 30.1 Å². The standard InChI is InChI=1S/C18H20BrNO3/c19-16-9-4-6-14(12-16)13-23-17(10-5-11-22-18(20)21)15-7-2-1-3-8-15/h1-4,6-9,12,17H,5,10-11,13H2,(H2,20,21)/t17-/m1/s1. The van der Waals surface area contributed by atoms with Gasteiger partial charge in [0.15, 0.2) is 0 Å². The van der Waals surface area contributed by atoms with E-state index in [4.69, 9.17) is 15.2 Å². The minimum absolute atomic E-state index is 0.0494. The molecule has 0 aromatic heterocycles. The number of nitrogens with two attached hydrogens (primary N) is 1. The molecule has 2 aromatic rings. The molecule has 1 atom stereocenters. The number of rotatable bonds is 8. The molecule has 0 saturated carbocycles. The van der Waals surface area contributed by atoms with E-state index in [0.717, 1.165) is 22.0 Å². The molecule has 0 saturated heterocycles. The van der Waals surface area contributed by atoms with Crippen molar-refractivity contribution >= 4 is 22.0 Å². The predicted octanol–water partition coefficient (Wildman–Crippen LogP) is 4.58. The molecule has 2 rings (SSSR count). The first-order valence-corrected chi connectivity index (χ1v) is 8.27. The van der Waals surface area contributed by atoms with Gasteiger partial charge in [-0.15, -0.1) is 0 Å². The Hall–Kier alpha value is -1.85. The molecule has 0 fully saturated rings. The molecule has 0 spiro atoms. The molecule has 122 valence electrons. The topological polar surface area (TPSA) is 61.6 Å². The number of benzene rings is 2. The SMILES string of the molecule is NC(=O)OCCC[C@@H](OCc1cccc(Br)c1)c1ccccc1. The van der Waals surface area contributed by atoms with Gasteiger partial charge in [0, 0.05) is 4.47 Å². The molecule has 0 unspecified atom stereocenters. The summed E-state index contributed by atoms with van der Waals surface area (Å²) in [6.45, 7) is 0.828. The molecule has 4 nitrogen and oxygen atoms in total. The van der Waals surface area contributed by atoms with Crippen LogP contribution in [0.15, 0.2) is 59.1 Å². The first kappa shape index (κ1) is 17.5. The van der Waals surface area contributed by atoms with Crippen molar-refractivity contribution in [1.29, 1.82) is 0 Å². The van der Waals surface area contributed by atoms with Gasteiger partial charge in [0.25, 0.3) is 0 Å². The van der Waals surface area contributed by atoms with E-state index in [2.05, 4.69) is 15.9 Å². The van der Waals surface area contributed by atoms with Crippen LogP contribution in [0.25, 0.3) is 0 Å². The molecule has 0 aliphatic rings. The zero-order valence-electron chi connectivity index (χ0n) is 12.8. The van der Waals surface area contributed by atoms with Crippen molar-refractivity contribution in [2.75, 3.05) is 6.61 Å². The Balaban J connectivity index is 1.94. The van der Waals surface area contributed by atoms with Crippen molar-refractivity contribution in [2.24, 2.45) is 5.73 Å². The summed E-state index contributed by atoms with van der Waals surface area (Å²) in [7, 11) is 0. The average Bonchev–Trinajstić information content (AvgIpc) is 2.55. The highest BCUT2D eigenvalue weighted by Gasteiger charge is 2.12. The third kappa shape index (κ3) is 6.42. The van der Waals surface area contributed by atoms with E-state index >= 15 is 0 Å². The van der Waals surface area contributed by atoms with Crippen LogP contribution in [0.5, 0.6) is 0 Å². The lowest BCUT2D eigenvalue weighted by Crippen LogP contribution is -2.14. The number of hydrogen-bond acceptors (Lipinski definition) is 3. The van der Waals surface area contributed by atoms with E-state index < -0.39 is 6.09 Å². The summed E-state index contributed by atoms with van der Waals surface area (Å²) >= 11 is 3.46. The van der Waals surface area contributed by atoms with Crippen molar-refractivity contribution in [1.82, 2.24) is 0 Å². The molecular weight excluding hydrogens is 358 g/mol. The number of amides is 1. The van der Waals surface area contributed by atoms with Crippen molar-refractivity contribution in [2.45, 2.75) is 25.6 Å². The fourth-order valence-electron chi connectivity index (χ4n) is 2.28. The first-order chi connectivity index (χ1) is 11.1. The molecule has 0 aliphatic heterocycles. The highest BCUT2D eigenvalue weighted by atomic mass is 79.9. The van der Waals surface area contributed by atoms with Gasteiger partial charge in [-0.3, -0.25) is 0 Å². The molecular formula is C18H20BrNO3. The smallest absolute Gasteiger partial charge is 0.404 e. The first-order valence-electron chi connectivity index (χ1n) is 7.48. The van der Waals surface area contributed by atoms with Gasteiger partial charge < -0.3 is 15.2 Å². The number of halogens is 1. The van der Waals surface area contributed by atoms with Gasteiger partial charge >= 0.3 is 6.09 Å². The summed E-state index contributed by atoms with van der Waals surface area (Å²) in [5.41, 5.74) is 7.19. The van der Waals surface area contributed by atoms with E-state index in [9.17, 15) is 4.79 Å². The van der Waals surface area contributed by atoms with Crippen molar-refractivity contribution < 1.29 is 14.3 Å². The maximum absolute atomic E-state index is 10.6. The Bertz CT molecular complexity index is 619. The normalized spacial score (nSPS) is 11.9. The summed E-state index contributed by atoms with van der Waals surface area (Å²) in [5, 5.41) is 0. The highest BCUT2D eigenvalue weighted by molar-refractivity contribution is 9.10. The van der Waals surface area contributed by atoms with Crippen molar-refractivity contribution in [3.05, 3.63) is 70.2 Å². The lowest BCUT2D eigenvalue weighted by atomic mass is 10.0. The largest absolute Gasteiger partial charge is 0.450 e. The molecule has 23 heavy (non-hydrogen) atoms. The third-order valence-electron chi connectivity index (χ3n) is 3.37. The number of ether oxygens (including phenoxy) is 2. The third-order valence-corrected chi connectivity index (χ3v) is 3.86. The van der Waals surface area contributed by atoms with Gasteiger partial charge in [0.2, 0.25) is 0 Å². The number of carbonyl (C=O) groups is 1. The minimum atomic E-state index is -0.740. The second kappa shape index (κ2) is 9.33. The maximum Gasteiger partial charge on any atom is 0.404 e. The van der Waals surface area contributed by atoms with Crippen molar-refractivity contribution in [3.63, 3.8) is 0 Å². The van der Waals surface area contributed by atoms with E-state index in [1.54, 1.807) is 0 Å². The molecule has 1 amide bonds. The van der Waals surface area contributed by atoms with Gasteiger partial charge in [0.05, 0.1) is 19.3 Å². The molecule has 2 N–H and O–H groups in total. The quantitative estimate of drug-likeness (QED) is 0.684. The second-order valence-corrected chi connectivity index (χ2v) is 6.07. The number of primary amides is 1. The zero-order chi connectivity index (χ0) is 16.5. The van der Waals surface area contributed by atoms with Crippen LogP contribution in [0.2, 0.25) is 0 Å². The van der Waals surface area contributed by atoms with Crippen LogP contribution in [-0.4, -0.2) is 12.7 Å². The van der Waals surface area contributed by atoms with Gasteiger partial charge in [0.1, 0.15) is 0 Å². The van der Waals surface area contributed by atoms with Gasteiger partial charge in [-0.05, 0) is 36.1 Å². The van der Waals surface area contributed by atoms with Crippen LogP contribution in [-0.2, 0) is 16.1 Å². The minimum Gasteiger partial charge on any atom is -0.450 e. The molecule has 5 heteroatoms. The predicted molar refractivity (Wildman–Crippen MR) is 92.9 cm³/mol. The summed E-state index contributed by atoms with van der Waals surface area (Å²) < 4.78 is 11.9. The lowest BCUT2D eigenvalue weighted by molar-refractivity contribution is 0.0287. The second-order valence-electron chi connectivity index (χ2n) is 5.15. The zero-order valence-corrected chi connectivity index (χ0v) is 14.4.